The van der Waals surface area contributed by atoms with E-state index in [1.54, 1.807) is 7.11 Å². The van der Waals surface area contributed by atoms with Crippen molar-refractivity contribution < 1.29 is 9.84 Å². The summed E-state index contributed by atoms with van der Waals surface area (Å²) < 4.78 is 6.86. The molecule has 2 aromatic rings. The highest BCUT2D eigenvalue weighted by Crippen LogP contribution is 2.16. The van der Waals surface area contributed by atoms with E-state index in [9.17, 15) is 5.11 Å². The Kier molecular flexibility index (Phi) is 5.69. The number of rotatable bonds is 8. The van der Waals surface area contributed by atoms with Crippen LogP contribution in [0.5, 0.6) is 0 Å². The molecule has 0 saturated heterocycles. The lowest BCUT2D eigenvalue weighted by atomic mass is 10.3. The van der Waals surface area contributed by atoms with E-state index in [1.807, 2.05) is 28.8 Å². The maximum Gasteiger partial charge on any atom is 0.124 e. The summed E-state index contributed by atoms with van der Waals surface area (Å²) >= 11 is 0. The average molecular weight is 288 g/mol. The van der Waals surface area contributed by atoms with E-state index in [1.165, 1.54) is 0 Å². The number of aliphatic hydroxyl groups is 1. The van der Waals surface area contributed by atoms with Crippen molar-refractivity contribution >= 4 is 11.0 Å². The number of nitrogens with one attached hydrogen (secondary N) is 1. The van der Waals surface area contributed by atoms with Crippen LogP contribution in [0.25, 0.3) is 11.0 Å². The number of fused-ring (bicyclic) bond motifs is 1. The number of imidazole rings is 1. The van der Waals surface area contributed by atoms with Crippen molar-refractivity contribution in [2.24, 2.45) is 0 Å². The number of hydrogen-bond donors (Lipinski definition) is 2. The first-order chi connectivity index (χ1) is 10.3. The maximum absolute atomic E-state index is 10.1. The van der Waals surface area contributed by atoms with E-state index >= 15 is 0 Å². The van der Waals surface area contributed by atoms with Crippen LogP contribution in [0.3, 0.4) is 0 Å². The molecule has 1 atom stereocenters. The molecule has 1 unspecified atom stereocenters. The second-order valence-corrected chi connectivity index (χ2v) is 4.81. The summed E-state index contributed by atoms with van der Waals surface area (Å²) in [4.78, 5) is 4.45. The molecular weight excluding hydrogens is 268 g/mol. The van der Waals surface area contributed by atoms with Crippen LogP contribution in [-0.2, 0) is 17.7 Å². The molecule has 0 saturated carbocycles. The van der Waals surface area contributed by atoms with Crippen LogP contribution >= 0.6 is 0 Å². The first-order valence-corrected chi connectivity index (χ1v) is 6.95. The van der Waals surface area contributed by atoms with Gasteiger partial charge < -0.3 is 19.7 Å². The zero-order valence-corrected chi connectivity index (χ0v) is 12.1. The fourth-order valence-corrected chi connectivity index (χ4v) is 2.25. The summed E-state index contributed by atoms with van der Waals surface area (Å²) in [7, 11) is 1.64. The van der Waals surface area contributed by atoms with Gasteiger partial charge in [0.25, 0.3) is 0 Å². The Morgan fingerprint density at radius 1 is 1.48 bits per heavy atom. The van der Waals surface area contributed by atoms with Crippen molar-refractivity contribution in [1.29, 1.82) is 5.26 Å². The zero-order valence-electron chi connectivity index (χ0n) is 12.1. The number of nitrogens with zero attached hydrogens (tertiary/aromatic N) is 3. The molecule has 112 valence electrons. The maximum atomic E-state index is 10.1. The van der Waals surface area contributed by atoms with Crippen LogP contribution in [-0.4, -0.2) is 47.6 Å². The standard InChI is InChI=1S/C15H20N4O2/c1-21-9-8-17-10-12(20)11-19-14-5-3-2-4-13(14)18-15(19)6-7-16/h2-5,12,17,20H,6,8-11H2,1H3. The van der Waals surface area contributed by atoms with E-state index in [-0.39, 0.29) is 6.42 Å². The van der Waals surface area contributed by atoms with Gasteiger partial charge in [-0.1, -0.05) is 12.1 Å². The van der Waals surface area contributed by atoms with E-state index < -0.39 is 6.10 Å². The normalized spacial score (nSPS) is 12.4. The van der Waals surface area contributed by atoms with Crippen LogP contribution in [0, 0.1) is 11.3 Å². The third kappa shape index (κ3) is 4.02. The van der Waals surface area contributed by atoms with E-state index in [0.29, 0.717) is 32.1 Å². The molecule has 0 aliphatic rings. The minimum atomic E-state index is -0.545. The van der Waals surface area contributed by atoms with Crippen LogP contribution < -0.4 is 5.32 Å². The van der Waals surface area contributed by atoms with Crippen LogP contribution in [0.2, 0.25) is 0 Å². The van der Waals surface area contributed by atoms with Crippen molar-refractivity contribution in [3.05, 3.63) is 30.1 Å². The molecule has 0 amide bonds. The topological polar surface area (TPSA) is 83.1 Å². The second kappa shape index (κ2) is 7.74. The monoisotopic (exact) mass is 288 g/mol. The van der Waals surface area contributed by atoms with Crippen LogP contribution in [0.15, 0.2) is 24.3 Å². The number of ether oxygens (including phenoxy) is 1. The van der Waals surface area contributed by atoms with Gasteiger partial charge in [-0.05, 0) is 12.1 Å². The first kappa shape index (κ1) is 15.4. The Hall–Kier alpha value is -1.94. The Morgan fingerprint density at radius 2 is 2.29 bits per heavy atom. The molecular formula is C15H20N4O2. The lowest BCUT2D eigenvalue weighted by Crippen LogP contribution is -2.32. The van der Waals surface area contributed by atoms with Crippen molar-refractivity contribution in [3.8, 4) is 6.07 Å². The van der Waals surface area contributed by atoms with E-state index in [0.717, 1.165) is 11.0 Å². The molecule has 0 spiro atoms. The molecule has 2 N–H and O–H groups in total. The Morgan fingerprint density at radius 3 is 3.05 bits per heavy atom. The van der Waals surface area contributed by atoms with Crippen molar-refractivity contribution in [2.75, 3.05) is 26.8 Å². The highest BCUT2D eigenvalue weighted by atomic mass is 16.5. The number of benzene rings is 1. The first-order valence-electron chi connectivity index (χ1n) is 6.95. The van der Waals surface area contributed by atoms with Gasteiger partial charge >= 0.3 is 0 Å². The minimum absolute atomic E-state index is 0.235. The number of hydrogen-bond acceptors (Lipinski definition) is 5. The van der Waals surface area contributed by atoms with Crippen LogP contribution in [0.1, 0.15) is 5.82 Å². The molecule has 0 aliphatic carbocycles. The average Bonchev–Trinajstić information content (AvgIpc) is 2.82. The van der Waals surface area contributed by atoms with Gasteiger partial charge in [-0.2, -0.15) is 5.26 Å². The summed E-state index contributed by atoms with van der Waals surface area (Å²) in [5.41, 5.74) is 1.79. The van der Waals surface area contributed by atoms with Gasteiger partial charge in [0.15, 0.2) is 0 Å². The molecule has 0 aliphatic heterocycles. The van der Waals surface area contributed by atoms with E-state index in [4.69, 9.17) is 10.00 Å². The smallest absolute Gasteiger partial charge is 0.124 e. The van der Waals surface area contributed by atoms with Gasteiger partial charge in [-0.15, -0.1) is 0 Å². The predicted molar refractivity (Wildman–Crippen MR) is 79.8 cm³/mol. The van der Waals surface area contributed by atoms with Gasteiger partial charge in [0.2, 0.25) is 0 Å². The highest BCUT2D eigenvalue weighted by molar-refractivity contribution is 5.76. The summed E-state index contributed by atoms with van der Waals surface area (Å²) in [6.07, 6.45) is -0.310. The highest BCUT2D eigenvalue weighted by Gasteiger charge is 2.13. The lowest BCUT2D eigenvalue weighted by molar-refractivity contribution is 0.144. The number of aromatic nitrogens is 2. The molecule has 1 heterocycles. The molecule has 0 bridgehead atoms. The van der Waals surface area contributed by atoms with Crippen molar-refractivity contribution in [2.45, 2.75) is 19.1 Å². The molecule has 6 nitrogen and oxygen atoms in total. The Bertz CT molecular complexity index is 618. The Balaban J connectivity index is 2.09. The zero-order chi connectivity index (χ0) is 15.1. The quantitative estimate of drug-likeness (QED) is 0.699. The van der Waals surface area contributed by atoms with Gasteiger partial charge in [0.05, 0.1) is 42.8 Å². The van der Waals surface area contributed by atoms with Gasteiger partial charge in [0, 0.05) is 20.2 Å². The lowest BCUT2D eigenvalue weighted by Gasteiger charge is -2.14. The summed E-state index contributed by atoms with van der Waals surface area (Å²) in [5.74, 6) is 0.689. The van der Waals surface area contributed by atoms with Gasteiger partial charge in [-0.3, -0.25) is 0 Å². The third-order valence-corrected chi connectivity index (χ3v) is 3.23. The van der Waals surface area contributed by atoms with Crippen LogP contribution in [0.4, 0.5) is 0 Å². The van der Waals surface area contributed by atoms with Gasteiger partial charge in [0.1, 0.15) is 5.82 Å². The van der Waals surface area contributed by atoms with E-state index in [2.05, 4.69) is 16.4 Å². The molecule has 0 fully saturated rings. The van der Waals surface area contributed by atoms with Gasteiger partial charge in [-0.25, -0.2) is 4.98 Å². The van der Waals surface area contributed by atoms with Crippen molar-refractivity contribution in [3.63, 3.8) is 0 Å². The summed E-state index contributed by atoms with van der Waals surface area (Å²) in [5, 5.41) is 22.2. The number of methoxy groups -OCH3 is 1. The number of aliphatic hydroxyl groups excluding tert-OH is 1. The number of nitriles is 1. The number of para-hydroxylation sites is 2. The minimum Gasteiger partial charge on any atom is -0.390 e. The summed E-state index contributed by atoms with van der Waals surface area (Å²) in [6, 6.07) is 9.83. The molecule has 0 radical (unpaired) electrons. The fourth-order valence-electron chi connectivity index (χ4n) is 2.25. The molecule has 1 aromatic heterocycles. The summed E-state index contributed by atoms with van der Waals surface area (Å²) in [6.45, 7) is 2.20. The SMILES string of the molecule is COCCNCC(O)Cn1c(CC#N)nc2ccccc21. The largest absolute Gasteiger partial charge is 0.390 e. The molecule has 21 heavy (non-hydrogen) atoms. The third-order valence-electron chi connectivity index (χ3n) is 3.23. The second-order valence-electron chi connectivity index (χ2n) is 4.81. The fraction of sp³-hybridized carbons (Fsp3) is 0.467. The van der Waals surface area contributed by atoms with Crippen molar-refractivity contribution in [1.82, 2.24) is 14.9 Å². The molecule has 2 rings (SSSR count). The predicted octanol–water partition coefficient (Wildman–Crippen LogP) is 0.699. The molecule has 1 aromatic carbocycles. The molecule has 6 heteroatoms. The Labute approximate surface area is 124 Å².